The van der Waals surface area contributed by atoms with Gasteiger partial charge in [0.25, 0.3) is 0 Å². The average molecular weight is 325 g/mol. The van der Waals surface area contributed by atoms with Crippen molar-refractivity contribution in [2.75, 3.05) is 0 Å². The molecule has 0 atom stereocenters. The van der Waals surface area contributed by atoms with Crippen molar-refractivity contribution in [2.24, 2.45) is 7.05 Å². The third kappa shape index (κ3) is 3.27. The molecule has 2 aromatic carbocycles. The maximum Gasteiger partial charge on any atom is 0.183 e. The highest BCUT2D eigenvalue weighted by atomic mass is 19.1. The first-order valence-corrected chi connectivity index (χ1v) is 7.71. The number of ketones is 1. The SMILES string of the molecule is Cn1c(Cc2c(F)cccc2F)ccc1C(=O)Cc1ccccc1. The maximum absolute atomic E-state index is 13.8. The number of Topliss-reactive ketones (excluding diaryl/α,β-unsaturated/α-hetero) is 1. The van der Waals surface area contributed by atoms with Crippen LogP contribution in [0.25, 0.3) is 0 Å². The lowest BCUT2D eigenvalue weighted by atomic mass is 10.1. The van der Waals surface area contributed by atoms with Gasteiger partial charge in [0.15, 0.2) is 5.78 Å². The monoisotopic (exact) mass is 325 g/mol. The van der Waals surface area contributed by atoms with E-state index in [1.165, 1.54) is 18.2 Å². The molecule has 0 saturated heterocycles. The Morgan fingerprint density at radius 3 is 2.25 bits per heavy atom. The lowest BCUT2D eigenvalue weighted by Crippen LogP contribution is -2.11. The van der Waals surface area contributed by atoms with E-state index in [1.54, 1.807) is 23.7 Å². The van der Waals surface area contributed by atoms with Crippen LogP contribution in [0.15, 0.2) is 60.7 Å². The standard InChI is InChI=1S/C20H17F2NO/c1-23-15(13-16-17(21)8-5-9-18(16)22)10-11-19(23)20(24)12-14-6-3-2-4-7-14/h2-11H,12-13H2,1H3. The molecule has 0 radical (unpaired) electrons. The summed E-state index contributed by atoms with van der Waals surface area (Å²) in [5.41, 5.74) is 2.17. The first-order valence-electron chi connectivity index (χ1n) is 7.71. The van der Waals surface area contributed by atoms with Crippen LogP contribution in [0.4, 0.5) is 8.78 Å². The zero-order valence-electron chi connectivity index (χ0n) is 13.3. The fourth-order valence-corrected chi connectivity index (χ4v) is 2.77. The van der Waals surface area contributed by atoms with Gasteiger partial charge in [0, 0.05) is 31.1 Å². The minimum Gasteiger partial charge on any atom is -0.345 e. The molecule has 0 fully saturated rings. The van der Waals surface area contributed by atoms with Gasteiger partial charge in [-0.15, -0.1) is 0 Å². The molecule has 0 aliphatic rings. The molecule has 0 N–H and O–H groups in total. The zero-order valence-corrected chi connectivity index (χ0v) is 13.3. The van der Waals surface area contributed by atoms with E-state index in [0.717, 1.165) is 5.56 Å². The molecule has 4 heteroatoms. The van der Waals surface area contributed by atoms with E-state index < -0.39 is 11.6 Å². The first kappa shape index (κ1) is 16.1. The van der Waals surface area contributed by atoms with Gasteiger partial charge in [-0.2, -0.15) is 0 Å². The molecule has 0 unspecified atom stereocenters. The number of carbonyl (C=O) groups is 1. The summed E-state index contributed by atoms with van der Waals surface area (Å²) < 4.78 is 29.3. The minimum atomic E-state index is -0.576. The Morgan fingerprint density at radius 1 is 0.917 bits per heavy atom. The second kappa shape index (κ2) is 6.79. The lowest BCUT2D eigenvalue weighted by molar-refractivity contribution is 0.0985. The van der Waals surface area contributed by atoms with E-state index in [2.05, 4.69) is 0 Å². The number of hydrogen-bond donors (Lipinski definition) is 0. The number of carbonyl (C=O) groups excluding carboxylic acids is 1. The van der Waals surface area contributed by atoms with Crippen LogP contribution in [-0.4, -0.2) is 10.4 Å². The highest BCUT2D eigenvalue weighted by Crippen LogP contribution is 2.19. The largest absolute Gasteiger partial charge is 0.345 e. The second-order valence-electron chi connectivity index (χ2n) is 5.73. The molecular weight excluding hydrogens is 308 g/mol. The van der Waals surface area contributed by atoms with Crippen molar-refractivity contribution >= 4 is 5.78 Å². The highest BCUT2D eigenvalue weighted by molar-refractivity contribution is 5.96. The van der Waals surface area contributed by atoms with Crippen molar-refractivity contribution in [2.45, 2.75) is 12.8 Å². The molecule has 0 spiro atoms. The van der Waals surface area contributed by atoms with Crippen molar-refractivity contribution in [1.29, 1.82) is 0 Å². The van der Waals surface area contributed by atoms with Crippen LogP contribution >= 0.6 is 0 Å². The van der Waals surface area contributed by atoms with Gasteiger partial charge in [0.05, 0.1) is 5.69 Å². The van der Waals surface area contributed by atoms with Gasteiger partial charge in [0.2, 0.25) is 0 Å². The summed E-state index contributed by atoms with van der Waals surface area (Å²) in [5, 5.41) is 0. The summed E-state index contributed by atoms with van der Waals surface area (Å²) in [6.07, 6.45) is 0.403. The number of benzene rings is 2. The summed E-state index contributed by atoms with van der Waals surface area (Å²) in [7, 11) is 1.74. The minimum absolute atomic E-state index is 0.0146. The predicted molar refractivity (Wildman–Crippen MR) is 89.1 cm³/mol. The zero-order chi connectivity index (χ0) is 17.1. The van der Waals surface area contributed by atoms with E-state index in [-0.39, 0.29) is 17.8 Å². The van der Waals surface area contributed by atoms with Crippen LogP contribution in [0, 0.1) is 11.6 Å². The molecule has 0 saturated carbocycles. The van der Waals surface area contributed by atoms with Crippen LogP contribution in [0.2, 0.25) is 0 Å². The first-order chi connectivity index (χ1) is 11.6. The number of aromatic nitrogens is 1. The third-order valence-electron chi connectivity index (χ3n) is 4.14. The molecule has 0 aliphatic carbocycles. The van der Waals surface area contributed by atoms with E-state index in [1.807, 2.05) is 30.3 Å². The Labute approximate surface area is 139 Å². The molecule has 0 aliphatic heterocycles. The third-order valence-corrected chi connectivity index (χ3v) is 4.14. The Balaban J connectivity index is 1.82. The van der Waals surface area contributed by atoms with Crippen LogP contribution in [0.1, 0.15) is 27.3 Å². The Morgan fingerprint density at radius 2 is 1.58 bits per heavy atom. The second-order valence-corrected chi connectivity index (χ2v) is 5.73. The predicted octanol–water partition coefficient (Wildman–Crippen LogP) is 4.32. The number of rotatable bonds is 5. The van der Waals surface area contributed by atoms with Gasteiger partial charge in [-0.25, -0.2) is 8.78 Å². The van der Waals surface area contributed by atoms with Crippen LogP contribution in [0.3, 0.4) is 0 Å². The van der Waals surface area contributed by atoms with Crippen molar-refractivity contribution < 1.29 is 13.6 Å². The summed E-state index contributed by atoms with van der Waals surface area (Å²) in [6, 6.07) is 16.7. The van der Waals surface area contributed by atoms with Gasteiger partial charge in [-0.1, -0.05) is 36.4 Å². The molecule has 24 heavy (non-hydrogen) atoms. The fraction of sp³-hybridized carbons (Fsp3) is 0.150. The molecule has 3 rings (SSSR count). The lowest BCUT2D eigenvalue weighted by Gasteiger charge is -2.09. The van der Waals surface area contributed by atoms with Crippen LogP contribution < -0.4 is 0 Å². The number of halogens is 2. The molecule has 0 bridgehead atoms. The average Bonchev–Trinajstić information content (AvgIpc) is 2.93. The smallest absolute Gasteiger partial charge is 0.183 e. The van der Waals surface area contributed by atoms with E-state index in [9.17, 15) is 13.6 Å². The number of hydrogen-bond acceptors (Lipinski definition) is 1. The topological polar surface area (TPSA) is 22.0 Å². The summed E-state index contributed by atoms with van der Waals surface area (Å²) in [6.45, 7) is 0. The quantitative estimate of drug-likeness (QED) is 0.640. The van der Waals surface area contributed by atoms with Gasteiger partial charge >= 0.3 is 0 Å². The molecule has 1 heterocycles. The highest BCUT2D eigenvalue weighted by Gasteiger charge is 2.16. The van der Waals surface area contributed by atoms with E-state index >= 15 is 0 Å². The molecule has 2 nitrogen and oxygen atoms in total. The van der Waals surface area contributed by atoms with Crippen molar-refractivity contribution in [3.05, 3.63) is 94.8 Å². The summed E-state index contributed by atoms with van der Waals surface area (Å²) >= 11 is 0. The Kier molecular flexibility index (Phi) is 4.56. The van der Waals surface area contributed by atoms with Gasteiger partial charge < -0.3 is 4.57 Å². The summed E-state index contributed by atoms with van der Waals surface area (Å²) in [5.74, 6) is -1.18. The van der Waals surface area contributed by atoms with E-state index in [4.69, 9.17) is 0 Å². The van der Waals surface area contributed by atoms with Crippen molar-refractivity contribution in [3.63, 3.8) is 0 Å². The molecule has 1 aromatic heterocycles. The summed E-state index contributed by atoms with van der Waals surface area (Å²) in [4.78, 5) is 12.5. The van der Waals surface area contributed by atoms with Gasteiger partial charge in [-0.3, -0.25) is 4.79 Å². The van der Waals surface area contributed by atoms with Crippen molar-refractivity contribution in [3.8, 4) is 0 Å². The molecule has 0 amide bonds. The van der Waals surface area contributed by atoms with E-state index in [0.29, 0.717) is 17.8 Å². The normalized spacial score (nSPS) is 10.8. The molecule has 122 valence electrons. The fourth-order valence-electron chi connectivity index (χ4n) is 2.77. The number of nitrogens with zero attached hydrogens (tertiary/aromatic N) is 1. The van der Waals surface area contributed by atoms with Gasteiger partial charge in [-0.05, 0) is 29.8 Å². The van der Waals surface area contributed by atoms with Crippen LogP contribution in [0.5, 0.6) is 0 Å². The van der Waals surface area contributed by atoms with Gasteiger partial charge in [0.1, 0.15) is 11.6 Å². The molecular formula is C20H17F2NO. The molecule has 3 aromatic rings. The van der Waals surface area contributed by atoms with Crippen molar-refractivity contribution in [1.82, 2.24) is 4.57 Å². The Bertz CT molecular complexity index is 848. The van der Waals surface area contributed by atoms with Crippen LogP contribution in [-0.2, 0) is 19.9 Å². The Hall–Kier alpha value is -2.75. The maximum atomic E-state index is 13.8.